The summed E-state index contributed by atoms with van der Waals surface area (Å²) in [6.45, 7) is 8.40. The van der Waals surface area contributed by atoms with Gasteiger partial charge in [0.15, 0.2) is 0 Å². The van der Waals surface area contributed by atoms with Crippen molar-refractivity contribution in [2.45, 2.75) is 33.4 Å². The number of amides is 1. The van der Waals surface area contributed by atoms with Crippen molar-refractivity contribution in [2.24, 2.45) is 5.10 Å². The Kier molecular flexibility index (Phi) is 7.56. The maximum atomic E-state index is 12.1. The van der Waals surface area contributed by atoms with Crippen LogP contribution in [0.2, 0.25) is 0 Å². The molecule has 0 aliphatic heterocycles. The molecule has 0 radical (unpaired) electrons. The van der Waals surface area contributed by atoms with E-state index in [4.69, 9.17) is 0 Å². The summed E-state index contributed by atoms with van der Waals surface area (Å²) in [6, 6.07) is 16.4. The van der Waals surface area contributed by atoms with Gasteiger partial charge in [0.2, 0.25) is 5.91 Å². The molecule has 6 heteroatoms. The first-order valence-electron chi connectivity index (χ1n) is 9.77. The van der Waals surface area contributed by atoms with Crippen molar-refractivity contribution in [3.05, 3.63) is 86.6 Å². The van der Waals surface area contributed by atoms with Gasteiger partial charge in [0.05, 0.1) is 17.7 Å². The van der Waals surface area contributed by atoms with Gasteiger partial charge in [0.25, 0.3) is 0 Å². The number of nitrogens with one attached hydrogen (secondary N) is 1. The number of nitrogens with zero attached hydrogens (tertiary/aromatic N) is 2. The molecule has 2 aromatic carbocycles. The molecular formula is C24H26BrN3OS. The van der Waals surface area contributed by atoms with E-state index in [0.29, 0.717) is 5.75 Å². The molecular weight excluding hydrogens is 458 g/mol. The van der Waals surface area contributed by atoms with Gasteiger partial charge < -0.3 is 4.57 Å². The number of carbonyl (C=O) groups is 1. The van der Waals surface area contributed by atoms with Crippen molar-refractivity contribution in [3.63, 3.8) is 0 Å². The Labute approximate surface area is 190 Å². The van der Waals surface area contributed by atoms with Gasteiger partial charge in [-0.05, 0) is 60.3 Å². The van der Waals surface area contributed by atoms with Crippen molar-refractivity contribution in [3.8, 4) is 5.69 Å². The molecule has 0 fully saturated rings. The van der Waals surface area contributed by atoms with Gasteiger partial charge in [-0.25, -0.2) is 5.43 Å². The van der Waals surface area contributed by atoms with E-state index in [-0.39, 0.29) is 5.91 Å². The Morgan fingerprint density at radius 1 is 1.03 bits per heavy atom. The van der Waals surface area contributed by atoms with Gasteiger partial charge in [-0.2, -0.15) is 5.10 Å². The summed E-state index contributed by atoms with van der Waals surface area (Å²) in [7, 11) is 0. The number of hydrogen-bond acceptors (Lipinski definition) is 3. The number of hydrogen-bond donors (Lipinski definition) is 1. The van der Waals surface area contributed by atoms with Crippen LogP contribution in [0.3, 0.4) is 0 Å². The molecule has 4 nitrogen and oxygen atoms in total. The normalized spacial score (nSPS) is 11.2. The van der Waals surface area contributed by atoms with Crippen molar-refractivity contribution in [1.29, 1.82) is 0 Å². The van der Waals surface area contributed by atoms with E-state index in [2.05, 4.69) is 89.1 Å². The van der Waals surface area contributed by atoms with Gasteiger partial charge in [0, 0.05) is 27.2 Å². The quantitative estimate of drug-likeness (QED) is 0.338. The first-order valence-corrected chi connectivity index (χ1v) is 11.7. The van der Waals surface area contributed by atoms with E-state index in [0.717, 1.165) is 27.2 Å². The van der Waals surface area contributed by atoms with Crippen LogP contribution in [-0.2, 0) is 10.5 Å². The van der Waals surface area contributed by atoms with Crippen LogP contribution in [0, 0.1) is 27.7 Å². The minimum Gasteiger partial charge on any atom is -0.316 e. The van der Waals surface area contributed by atoms with Crippen molar-refractivity contribution in [2.75, 3.05) is 5.75 Å². The molecule has 0 aliphatic carbocycles. The van der Waals surface area contributed by atoms with E-state index in [1.807, 2.05) is 18.2 Å². The number of hydrazone groups is 1. The molecule has 0 aliphatic rings. The largest absolute Gasteiger partial charge is 0.316 e. The molecule has 30 heavy (non-hydrogen) atoms. The van der Waals surface area contributed by atoms with E-state index >= 15 is 0 Å². The summed E-state index contributed by atoms with van der Waals surface area (Å²) < 4.78 is 3.23. The van der Waals surface area contributed by atoms with Crippen LogP contribution >= 0.6 is 27.7 Å². The summed E-state index contributed by atoms with van der Waals surface area (Å²) >= 11 is 5.28. The molecule has 0 unspecified atom stereocenters. The minimum atomic E-state index is -0.105. The van der Waals surface area contributed by atoms with Gasteiger partial charge in [-0.15, -0.1) is 11.8 Å². The Hall–Kier alpha value is -2.31. The second kappa shape index (κ2) is 10.1. The predicted octanol–water partition coefficient (Wildman–Crippen LogP) is 5.86. The Morgan fingerprint density at radius 3 is 2.37 bits per heavy atom. The standard InChI is InChI=1S/C24H26BrN3OS/c1-16-9-8-10-17(2)24(16)28-18(3)21(23(25)19(28)4)13-26-27-22(29)15-30-14-20-11-6-5-7-12-20/h5-13H,14-15H2,1-4H3,(H,27,29)/b26-13-. The third kappa shape index (κ3) is 5.05. The van der Waals surface area contributed by atoms with Crippen LogP contribution in [0.1, 0.15) is 33.6 Å². The lowest BCUT2D eigenvalue weighted by Gasteiger charge is -2.15. The summed E-state index contributed by atoms with van der Waals surface area (Å²) in [4.78, 5) is 12.1. The maximum Gasteiger partial charge on any atom is 0.250 e. The molecule has 1 aromatic heterocycles. The summed E-state index contributed by atoms with van der Waals surface area (Å²) in [5.74, 6) is 1.07. The highest BCUT2D eigenvalue weighted by Crippen LogP contribution is 2.32. The number of benzene rings is 2. The number of halogens is 1. The average molecular weight is 484 g/mol. The van der Waals surface area contributed by atoms with E-state index < -0.39 is 0 Å². The highest BCUT2D eigenvalue weighted by atomic mass is 79.9. The van der Waals surface area contributed by atoms with Crippen LogP contribution in [0.4, 0.5) is 0 Å². The molecule has 0 atom stereocenters. The van der Waals surface area contributed by atoms with Crippen LogP contribution in [0.15, 0.2) is 58.1 Å². The monoisotopic (exact) mass is 483 g/mol. The third-order valence-corrected chi connectivity index (χ3v) is 7.01. The maximum absolute atomic E-state index is 12.1. The molecule has 0 spiro atoms. The lowest BCUT2D eigenvalue weighted by Crippen LogP contribution is -2.19. The molecule has 1 heterocycles. The molecule has 156 valence electrons. The van der Waals surface area contributed by atoms with Gasteiger partial charge in [0.1, 0.15) is 0 Å². The first-order chi connectivity index (χ1) is 14.4. The lowest BCUT2D eigenvalue weighted by atomic mass is 10.1. The molecule has 1 N–H and O–H groups in total. The highest BCUT2D eigenvalue weighted by molar-refractivity contribution is 9.10. The Bertz CT molecular complexity index is 1050. The first kappa shape index (κ1) is 22.4. The molecule has 0 bridgehead atoms. The fourth-order valence-electron chi connectivity index (χ4n) is 3.50. The van der Waals surface area contributed by atoms with Crippen molar-refractivity contribution < 1.29 is 4.79 Å². The SMILES string of the molecule is Cc1cccc(C)c1-n1c(C)c(Br)c(/C=N\NC(=O)CSCc2ccccc2)c1C. The third-order valence-electron chi connectivity index (χ3n) is 5.01. The predicted molar refractivity (Wildman–Crippen MR) is 131 cm³/mol. The second-order valence-electron chi connectivity index (χ2n) is 7.25. The molecule has 3 aromatic rings. The smallest absolute Gasteiger partial charge is 0.250 e. The van der Waals surface area contributed by atoms with Crippen LogP contribution in [0.5, 0.6) is 0 Å². The average Bonchev–Trinajstić information content (AvgIpc) is 2.93. The highest BCUT2D eigenvalue weighted by Gasteiger charge is 2.18. The van der Waals surface area contributed by atoms with E-state index in [9.17, 15) is 4.79 Å². The number of carbonyl (C=O) groups excluding carboxylic acids is 1. The van der Waals surface area contributed by atoms with E-state index in [1.165, 1.54) is 22.4 Å². The van der Waals surface area contributed by atoms with Crippen LogP contribution in [-0.4, -0.2) is 22.4 Å². The fourth-order valence-corrected chi connectivity index (χ4v) is 4.85. The number of rotatable bonds is 7. The van der Waals surface area contributed by atoms with Crippen molar-refractivity contribution >= 4 is 39.8 Å². The van der Waals surface area contributed by atoms with Gasteiger partial charge >= 0.3 is 0 Å². The number of aromatic nitrogens is 1. The summed E-state index contributed by atoms with van der Waals surface area (Å²) in [5.41, 5.74) is 10.6. The lowest BCUT2D eigenvalue weighted by molar-refractivity contribution is -0.118. The molecule has 0 saturated carbocycles. The Morgan fingerprint density at radius 2 is 1.70 bits per heavy atom. The number of aryl methyl sites for hydroxylation is 2. The fraction of sp³-hybridized carbons (Fsp3) is 0.250. The van der Waals surface area contributed by atoms with E-state index in [1.54, 1.807) is 18.0 Å². The second-order valence-corrected chi connectivity index (χ2v) is 9.02. The molecule has 1 amide bonds. The Balaban J connectivity index is 1.68. The minimum absolute atomic E-state index is 0.105. The van der Waals surface area contributed by atoms with Crippen molar-refractivity contribution in [1.82, 2.24) is 9.99 Å². The molecule has 3 rings (SSSR count). The van der Waals surface area contributed by atoms with Gasteiger partial charge in [-0.1, -0.05) is 48.5 Å². The summed E-state index contributed by atoms with van der Waals surface area (Å²) in [6.07, 6.45) is 1.72. The van der Waals surface area contributed by atoms with Gasteiger partial charge in [-0.3, -0.25) is 4.79 Å². The zero-order valence-electron chi connectivity index (χ0n) is 17.7. The summed E-state index contributed by atoms with van der Waals surface area (Å²) in [5, 5.41) is 4.20. The van der Waals surface area contributed by atoms with Crippen LogP contribution in [0.25, 0.3) is 5.69 Å². The zero-order valence-corrected chi connectivity index (χ0v) is 20.1. The van der Waals surface area contributed by atoms with Crippen LogP contribution < -0.4 is 5.43 Å². The number of thioether (sulfide) groups is 1. The zero-order chi connectivity index (χ0) is 21.7. The number of para-hydroxylation sites is 1. The molecule has 0 saturated heterocycles. The topological polar surface area (TPSA) is 46.4 Å².